The molecule has 0 spiro atoms. The van der Waals surface area contributed by atoms with Gasteiger partial charge in [0.25, 0.3) is 11.6 Å². The van der Waals surface area contributed by atoms with Gasteiger partial charge in [-0.05, 0) is 24.5 Å². The number of benzene rings is 1. The molecule has 1 heterocycles. The number of sulfone groups is 1. The number of non-ortho nitro benzene ring substituents is 1. The van der Waals surface area contributed by atoms with E-state index in [1.807, 2.05) is 13.8 Å². The van der Waals surface area contributed by atoms with Gasteiger partial charge in [-0.1, -0.05) is 13.8 Å². The minimum Gasteiger partial charge on any atom is -0.455 e. The Morgan fingerprint density at radius 3 is 2.48 bits per heavy atom. The molecule has 0 radical (unpaired) electrons. The van der Waals surface area contributed by atoms with Crippen molar-refractivity contribution >= 4 is 39.2 Å². The molecule has 0 N–H and O–H groups in total. The van der Waals surface area contributed by atoms with Crippen LogP contribution in [-0.2, 0) is 24.2 Å². The van der Waals surface area contributed by atoms with E-state index in [0.29, 0.717) is 17.9 Å². The van der Waals surface area contributed by atoms with Crippen LogP contribution in [0, 0.1) is 16.0 Å². The quantitative estimate of drug-likeness (QED) is 0.245. The summed E-state index contributed by atoms with van der Waals surface area (Å²) in [6, 6.07) is 5.37. The number of nitro benzene ring substituents is 1. The maximum Gasteiger partial charge on any atom is 0.316 e. The van der Waals surface area contributed by atoms with E-state index in [4.69, 9.17) is 4.74 Å². The SMILES string of the molecule is CC(C)CN(C(=O)COC(=O)CSc1ccc([N+](=O)[O-])cc1)[C@H]1CCS(=O)(=O)C1. The molecule has 1 aliphatic heterocycles. The van der Waals surface area contributed by atoms with Gasteiger partial charge < -0.3 is 9.64 Å². The number of hydrogen-bond acceptors (Lipinski definition) is 8. The molecule has 2 rings (SSSR count). The van der Waals surface area contributed by atoms with Gasteiger partial charge >= 0.3 is 5.97 Å². The molecule has 160 valence electrons. The molecule has 9 nitrogen and oxygen atoms in total. The minimum absolute atomic E-state index is 0.0401. The molecule has 1 aromatic carbocycles. The lowest BCUT2D eigenvalue weighted by Crippen LogP contribution is -2.45. The molecule has 1 atom stereocenters. The number of thioether (sulfide) groups is 1. The zero-order valence-corrected chi connectivity index (χ0v) is 17.9. The van der Waals surface area contributed by atoms with E-state index in [2.05, 4.69) is 0 Å². The predicted octanol–water partition coefficient (Wildman–Crippen LogP) is 1.90. The van der Waals surface area contributed by atoms with E-state index in [-0.39, 0.29) is 34.9 Å². The highest BCUT2D eigenvalue weighted by atomic mass is 32.2. The van der Waals surface area contributed by atoms with Crippen molar-refractivity contribution in [3.63, 3.8) is 0 Å². The average molecular weight is 445 g/mol. The number of nitro groups is 1. The molecule has 11 heteroatoms. The lowest BCUT2D eigenvalue weighted by atomic mass is 10.1. The Morgan fingerprint density at radius 2 is 1.97 bits per heavy atom. The molecule has 0 bridgehead atoms. The zero-order chi connectivity index (χ0) is 21.6. The first-order valence-electron chi connectivity index (χ1n) is 9.10. The van der Waals surface area contributed by atoms with E-state index in [9.17, 15) is 28.1 Å². The first-order valence-corrected chi connectivity index (χ1v) is 11.9. The van der Waals surface area contributed by atoms with Gasteiger partial charge in [0.05, 0.1) is 22.2 Å². The van der Waals surface area contributed by atoms with Crippen LogP contribution in [0.25, 0.3) is 0 Å². The van der Waals surface area contributed by atoms with Crippen molar-refractivity contribution in [1.82, 2.24) is 4.90 Å². The minimum atomic E-state index is -3.14. The zero-order valence-electron chi connectivity index (χ0n) is 16.3. The predicted molar refractivity (Wildman–Crippen MR) is 108 cm³/mol. The highest BCUT2D eigenvalue weighted by Crippen LogP contribution is 2.22. The molecule has 0 aliphatic carbocycles. The number of rotatable bonds is 9. The Labute approximate surface area is 173 Å². The lowest BCUT2D eigenvalue weighted by molar-refractivity contribution is -0.384. The Kier molecular flexibility index (Phi) is 8.03. The second-order valence-electron chi connectivity index (χ2n) is 7.20. The summed E-state index contributed by atoms with van der Waals surface area (Å²) in [7, 11) is -3.14. The van der Waals surface area contributed by atoms with Crippen molar-refractivity contribution < 1.29 is 27.7 Å². The van der Waals surface area contributed by atoms with Gasteiger partial charge in [-0.2, -0.15) is 0 Å². The lowest BCUT2D eigenvalue weighted by Gasteiger charge is -2.29. The number of hydrogen-bond donors (Lipinski definition) is 0. The van der Waals surface area contributed by atoms with E-state index >= 15 is 0 Å². The van der Waals surface area contributed by atoms with Crippen molar-refractivity contribution in [1.29, 1.82) is 0 Å². The Hall–Kier alpha value is -2.14. The molecule has 1 fully saturated rings. The molecule has 1 amide bonds. The largest absolute Gasteiger partial charge is 0.455 e. The van der Waals surface area contributed by atoms with Crippen LogP contribution in [0.3, 0.4) is 0 Å². The van der Waals surface area contributed by atoms with Gasteiger partial charge in [0.2, 0.25) is 0 Å². The normalized spacial score (nSPS) is 17.8. The maximum atomic E-state index is 12.5. The monoisotopic (exact) mass is 444 g/mol. The molecule has 1 aliphatic rings. The number of carbonyl (C=O) groups excluding carboxylic acids is 2. The van der Waals surface area contributed by atoms with Gasteiger partial charge in [-0.25, -0.2) is 8.42 Å². The molecular weight excluding hydrogens is 420 g/mol. The molecular formula is C18H24N2O7S2. The van der Waals surface area contributed by atoms with Crippen molar-refractivity contribution in [3.8, 4) is 0 Å². The first-order chi connectivity index (χ1) is 13.6. The molecule has 0 saturated carbocycles. The van der Waals surface area contributed by atoms with Gasteiger partial charge in [-0.3, -0.25) is 19.7 Å². The fraction of sp³-hybridized carbons (Fsp3) is 0.556. The molecule has 1 saturated heterocycles. The van der Waals surface area contributed by atoms with Crippen molar-refractivity contribution in [3.05, 3.63) is 34.4 Å². The van der Waals surface area contributed by atoms with Crippen LogP contribution < -0.4 is 0 Å². The van der Waals surface area contributed by atoms with E-state index in [1.165, 1.54) is 29.2 Å². The summed E-state index contributed by atoms with van der Waals surface area (Å²) in [6.45, 7) is 3.81. The fourth-order valence-electron chi connectivity index (χ4n) is 2.94. The first kappa shape index (κ1) is 23.1. The van der Waals surface area contributed by atoms with Gasteiger partial charge in [0, 0.05) is 29.6 Å². The van der Waals surface area contributed by atoms with Crippen LogP contribution in [0.4, 0.5) is 5.69 Å². The summed E-state index contributed by atoms with van der Waals surface area (Å²) < 4.78 is 28.5. The standard InChI is InChI=1S/C18H24N2O7S2/c1-13(2)9-19(15-7-8-29(25,26)12-15)17(21)10-27-18(22)11-28-16-5-3-14(4-6-16)20(23)24/h3-6,13,15H,7-12H2,1-2H3/t15-/m0/s1. The Bertz CT molecular complexity index is 853. The summed E-state index contributed by atoms with van der Waals surface area (Å²) in [5.41, 5.74) is -0.0401. The van der Waals surface area contributed by atoms with Gasteiger partial charge in [0.1, 0.15) is 0 Å². The van der Waals surface area contributed by atoms with Gasteiger partial charge in [-0.15, -0.1) is 11.8 Å². The number of esters is 1. The van der Waals surface area contributed by atoms with Crippen molar-refractivity contribution in [2.24, 2.45) is 5.92 Å². The third-order valence-electron chi connectivity index (χ3n) is 4.29. The van der Waals surface area contributed by atoms with Crippen LogP contribution in [0.1, 0.15) is 20.3 Å². The smallest absolute Gasteiger partial charge is 0.316 e. The van der Waals surface area contributed by atoms with Crippen LogP contribution in [0.15, 0.2) is 29.2 Å². The topological polar surface area (TPSA) is 124 Å². The van der Waals surface area contributed by atoms with Crippen LogP contribution in [-0.4, -0.2) is 66.6 Å². The average Bonchev–Trinajstić information content (AvgIpc) is 3.02. The number of amides is 1. The maximum absolute atomic E-state index is 12.5. The third-order valence-corrected chi connectivity index (χ3v) is 7.03. The van der Waals surface area contributed by atoms with E-state index in [0.717, 1.165) is 11.8 Å². The summed E-state index contributed by atoms with van der Waals surface area (Å²) in [5, 5.41) is 10.6. The molecule has 0 unspecified atom stereocenters. The number of nitrogens with zero attached hydrogens (tertiary/aromatic N) is 2. The fourth-order valence-corrected chi connectivity index (χ4v) is 5.37. The Balaban J connectivity index is 1.85. The van der Waals surface area contributed by atoms with Crippen molar-refractivity contribution in [2.75, 3.05) is 30.4 Å². The summed E-state index contributed by atoms with van der Waals surface area (Å²) in [6.07, 6.45) is 0.394. The van der Waals surface area contributed by atoms with Crippen LogP contribution >= 0.6 is 11.8 Å². The molecule has 0 aromatic heterocycles. The van der Waals surface area contributed by atoms with E-state index in [1.54, 1.807) is 0 Å². The van der Waals surface area contributed by atoms with Crippen LogP contribution in [0.2, 0.25) is 0 Å². The third kappa shape index (κ3) is 7.32. The number of carbonyl (C=O) groups is 2. The molecule has 29 heavy (non-hydrogen) atoms. The summed E-state index contributed by atoms with van der Waals surface area (Å²) >= 11 is 1.14. The van der Waals surface area contributed by atoms with E-state index < -0.39 is 33.2 Å². The second kappa shape index (κ2) is 10.1. The highest BCUT2D eigenvalue weighted by molar-refractivity contribution is 8.00. The van der Waals surface area contributed by atoms with Crippen LogP contribution in [0.5, 0.6) is 0 Å². The molecule has 1 aromatic rings. The number of ether oxygens (including phenoxy) is 1. The highest BCUT2D eigenvalue weighted by Gasteiger charge is 2.35. The van der Waals surface area contributed by atoms with Crippen molar-refractivity contribution in [2.45, 2.75) is 31.2 Å². The summed E-state index contributed by atoms with van der Waals surface area (Å²) in [5.74, 6) is -0.899. The Morgan fingerprint density at radius 1 is 1.31 bits per heavy atom. The second-order valence-corrected chi connectivity index (χ2v) is 10.5. The summed E-state index contributed by atoms with van der Waals surface area (Å²) in [4.78, 5) is 36.8. The van der Waals surface area contributed by atoms with Gasteiger partial charge in [0.15, 0.2) is 16.4 Å².